The number of carbonyl (C=O) groups is 1. The number of imidazole rings is 1. The van der Waals surface area contributed by atoms with E-state index in [2.05, 4.69) is 38.1 Å². The van der Waals surface area contributed by atoms with Crippen LogP contribution in [0, 0.1) is 0 Å². The third kappa shape index (κ3) is 4.08. The second-order valence-electron chi connectivity index (χ2n) is 6.59. The summed E-state index contributed by atoms with van der Waals surface area (Å²) < 4.78 is 2.12. The van der Waals surface area contributed by atoms with Gasteiger partial charge in [-0.25, -0.2) is 4.98 Å². The molecule has 4 rings (SSSR count). The lowest BCUT2D eigenvalue weighted by Crippen LogP contribution is -2.30. The van der Waals surface area contributed by atoms with E-state index in [9.17, 15) is 4.79 Å². The second kappa shape index (κ2) is 7.91. The number of aromatic nitrogens is 3. The summed E-state index contributed by atoms with van der Waals surface area (Å²) in [7, 11) is 0. The van der Waals surface area contributed by atoms with E-state index in [4.69, 9.17) is 0 Å². The van der Waals surface area contributed by atoms with Gasteiger partial charge in [0.25, 0.3) is 0 Å². The molecule has 0 fully saturated rings. The van der Waals surface area contributed by atoms with E-state index < -0.39 is 0 Å². The summed E-state index contributed by atoms with van der Waals surface area (Å²) in [5, 5.41) is 4.36. The lowest BCUT2D eigenvalue weighted by molar-refractivity contribution is -0.122. The smallest absolute Gasteiger partial charge is 0.222 e. The molecule has 0 spiro atoms. The normalized spacial score (nSPS) is 12.1. The van der Waals surface area contributed by atoms with Crippen molar-refractivity contribution in [1.82, 2.24) is 19.9 Å². The van der Waals surface area contributed by atoms with Gasteiger partial charge in [0.2, 0.25) is 5.91 Å². The SMILES string of the molecule is O=C(CCn1ccc2ccccc21)NC(Cc1ncc[nH]1)c1ccccc1. The van der Waals surface area contributed by atoms with Crippen LogP contribution in [0.2, 0.25) is 0 Å². The first-order valence-electron chi connectivity index (χ1n) is 9.16. The number of nitrogens with one attached hydrogen (secondary N) is 2. The summed E-state index contributed by atoms with van der Waals surface area (Å²) >= 11 is 0. The molecule has 2 aromatic heterocycles. The van der Waals surface area contributed by atoms with Gasteiger partial charge in [0.1, 0.15) is 5.82 Å². The molecule has 0 radical (unpaired) electrons. The highest BCUT2D eigenvalue weighted by molar-refractivity contribution is 5.80. The molecule has 2 aromatic carbocycles. The van der Waals surface area contributed by atoms with Crippen molar-refractivity contribution in [3.8, 4) is 0 Å². The van der Waals surface area contributed by atoms with E-state index in [1.165, 1.54) is 5.39 Å². The number of aryl methyl sites for hydroxylation is 1. The molecule has 1 amide bonds. The Morgan fingerprint density at radius 3 is 2.70 bits per heavy atom. The van der Waals surface area contributed by atoms with Gasteiger partial charge in [-0.2, -0.15) is 0 Å². The number of carbonyl (C=O) groups excluding carboxylic acids is 1. The molecule has 1 unspecified atom stereocenters. The van der Waals surface area contributed by atoms with Gasteiger partial charge in [0, 0.05) is 43.5 Å². The van der Waals surface area contributed by atoms with Crippen LogP contribution in [0.3, 0.4) is 0 Å². The van der Waals surface area contributed by atoms with E-state index in [-0.39, 0.29) is 11.9 Å². The third-order valence-corrected chi connectivity index (χ3v) is 4.75. The van der Waals surface area contributed by atoms with Crippen LogP contribution < -0.4 is 5.32 Å². The van der Waals surface area contributed by atoms with E-state index >= 15 is 0 Å². The van der Waals surface area contributed by atoms with Crippen LogP contribution in [0.15, 0.2) is 79.3 Å². The number of fused-ring (bicyclic) bond motifs is 1. The number of aromatic amines is 1. The van der Waals surface area contributed by atoms with Crippen molar-refractivity contribution in [2.45, 2.75) is 25.4 Å². The quantitative estimate of drug-likeness (QED) is 0.527. The largest absolute Gasteiger partial charge is 0.349 e. The van der Waals surface area contributed by atoms with Crippen LogP contribution in [0.5, 0.6) is 0 Å². The number of H-pyrrole nitrogens is 1. The van der Waals surface area contributed by atoms with Crippen LogP contribution in [0.1, 0.15) is 23.9 Å². The Morgan fingerprint density at radius 2 is 1.89 bits per heavy atom. The summed E-state index contributed by atoms with van der Waals surface area (Å²) in [6.07, 6.45) is 6.64. The maximum absolute atomic E-state index is 12.6. The van der Waals surface area contributed by atoms with E-state index in [1.54, 1.807) is 12.4 Å². The predicted octanol–water partition coefficient (Wildman–Crippen LogP) is 3.85. The Labute approximate surface area is 158 Å². The van der Waals surface area contributed by atoms with E-state index in [0.29, 0.717) is 19.4 Å². The Morgan fingerprint density at radius 1 is 1.07 bits per heavy atom. The minimum Gasteiger partial charge on any atom is -0.349 e. The maximum Gasteiger partial charge on any atom is 0.222 e. The third-order valence-electron chi connectivity index (χ3n) is 4.75. The number of hydrogen-bond donors (Lipinski definition) is 2. The molecular formula is C22H22N4O. The van der Waals surface area contributed by atoms with Crippen LogP contribution in [-0.4, -0.2) is 20.4 Å². The van der Waals surface area contributed by atoms with Gasteiger partial charge in [0.05, 0.1) is 6.04 Å². The van der Waals surface area contributed by atoms with Gasteiger partial charge in [0.15, 0.2) is 0 Å². The first kappa shape index (κ1) is 17.1. The molecule has 0 bridgehead atoms. The molecule has 0 aliphatic heterocycles. The minimum atomic E-state index is -0.105. The molecule has 0 aliphatic carbocycles. The second-order valence-corrected chi connectivity index (χ2v) is 6.59. The molecule has 1 atom stereocenters. The number of amides is 1. The Hall–Kier alpha value is -3.34. The number of para-hydroxylation sites is 1. The van der Waals surface area contributed by atoms with Crippen LogP contribution in [-0.2, 0) is 17.8 Å². The zero-order chi connectivity index (χ0) is 18.5. The highest BCUT2D eigenvalue weighted by Gasteiger charge is 2.16. The lowest BCUT2D eigenvalue weighted by atomic mass is 10.0. The van der Waals surface area contributed by atoms with Crippen LogP contribution >= 0.6 is 0 Å². The molecule has 0 aliphatic rings. The van der Waals surface area contributed by atoms with Crippen molar-refractivity contribution in [2.24, 2.45) is 0 Å². The molecule has 136 valence electrons. The van der Waals surface area contributed by atoms with Crippen molar-refractivity contribution in [2.75, 3.05) is 0 Å². The van der Waals surface area contributed by atoms with Crippen molar-refractivity contribution >= 4 is 16.8 Å². The molecule has 2 heterocycles. The lowest BCUT2D eigenvalue weighted by Gasteiger charge is -2.18. The number of nitrogens with zero attached hydrogens (tertiary/aromatic N) is 2. The van der Waals surface area contributed by atoms with Gasteiger partial charge in [-0.05, 0) is 23.1 Å². The highest BCUT2D eigenvalue weighted by Crippen LogP contribution is 2.18. The monoisotopic (exact) mass is 358 g/mol. The molecule has 5 heteroatoms. The van der Waals surface area contributed by atoms with Gasteiger partial charge >= 0.3 is 0 Å². The number of rotatable bonds is 7. The molecule has 0 saturated heterocycles. The topological polar surface area (TPSA) is 62.7 Å². The molecule has 2 N–H and O–H groups in total. The molecule has 4 aromatic rings. The zero-order valence-corrected chi connectivity index (χ0v) is 15.0. The molecule has 27 heavy (non-hydrogen) atoms. The Bertz CT molecular complexity index is 1010. The summed E-state index contributed by atoms with van der Waals surface area (Å²) in [5.74, 6) is 0.897. The molecule has 5 nitrogen and oxygen atoms in total. The average Bonchev–Trinajstić information content (AvgIpc) is 3.36. The van der Waals surface area contributed by atoms with Crippen molar-refractivity contribution in [3.05, 3.63) is 90.6 Å². The van der Waals surface area contributed by atoms with Gasteiger partial charge in [-0.15, -0.1) is 0 Å². The van der Waals surface area contributed by atoms with Crippen molar-refractivity contribution < 1.29 is 4.79 Å². The van der Waals surface area contributed by atoms with Crippen LogP contribution in [0.25, 0.3) is 10.9 Å². The summed E-state index contributed by atoms with van der Waals surface area (Å²) in [5.41, 5.74) is 2.23. The average molecular weight is 358 g/mol. The fraction of sp³-hybridized carbons (Fsp3) is 0.182. The number of hydrogen-bond acceptors (Lipinski definition) is 2. The van der Waals surface area contributed by atoms with Crippen molar-refractivity contribution in [3.63, 3.8) is 0 Å². The summed E-state index contributed by atoms with van der Waals surface area (Å²) in [4.78, 5) is 20.0. The zero-order valence-electron chi connectivity index (χ0n) is 15.0. The Kier molecular flexibility index (Phi) is 5.01. The van der Waals surface area contributed by atoms with E-state index in [1.807, 2.05) is 48.7 Å². The van der Waals surface area contributed by atoms with Gasteiger partial charge < -0.3 is 14.9 Å². The van der Waals surface area contributed by atoms with Crippen LogP contribution in [0.4, 0.5) is 0 Å². The fourth-order valence-electron chi connectivity index (χ4n) is 3.36. The van der Waals surface area contributed by atoms with Gasteiger partial charge in [-0.3, -0.25) is 4.79 Å². The van der Waals surface area contributed by atoms with E-state index in [0.717, 1.165) is 16.9 Å². The minimum absolute atomic E-state index is 0.0354. The van der Waals surface area contributed by atoms with Gasteiger partial charge in [-0.1, -0.05) is 48.5 Å². The fourth-order valence-corrected chi connectivity index (χ4v) is 3.36. The highest BCUT2D eigenvalue weighted by atomic mass is 16.1. The standard InChI is InChI=1S/C22H22N4O/c27-22(11-15-26-14-10-18-8-4-5-9-20(18)26)25-19(16-21-23-12-13-24-21)17-6-2-1-3-7-17/h1-10,12-14,19H,11,15-16H2,(H,23,24)(H,25,27). The van der Waals surface area contributed by atoms with Crippen molar-refractivity contribution in [1.29, 1.82) is 0 Å². The molecule has 0 saturated carbocycles. The number of benzene rings is 2. The maximum atomic E-state index is 12.6. The predicted molar refractivity (Wildman–Crippen MR) is 106 cm³/mol. The first-order valence-corrected chi connectivity index (χ1v) is 9.16. The Balaban J connectivity index is 1.43. The molecular weight excluding hydrogens is 336 g/mol. The first-order chi connectivity index (χ1) is 13.3. The summed E-state index contributed by atoms with van der Waals surface area (Å²) in [6.45, 7) is 0.654. The summed E-state index contributed by atoms with van der Waals surface area (Å²) in [6, 6.07) is 20.2.